The first-order valence-electron chi connectivity index (χ1n) is 7.66. The third kappa shape index (κ3) is 3.31. The highest BCUT2D eigenvalue weighted by Crippen LogP contribution is 2.34. The van der Waals surface area contributed by atoms with Crippen molar-refractivity contribution in [2.45, 2.75) is 64.3 Å². The lowest BCUT2D eigenvalue weighted by molar-refractivity contribution is -0.145. The van der Waals surface area contributed by atoms with Crippen LogP contribution in [0.25, 0.3) is 0 Å². The molecule has 1 aromatic rings. The molecule has 122 valence electrons. The number of aromatic nitrogens is 1. The lowest BCUT2D eigenvalue weighted by Crippen LogP contribution is -2.55. The number of rotatable bonds is 3. The van der Waals surface area contributed by atoms with E-state index in [-0.39, 0.29) is 17.0 Å². The molecule has 1 saturated carbocycles. The fourth-order valence-electron chi connectivity index (χ4n) is 2.94. The van der Waals surface area contributed by atoms with Crippen molar-refractivity contribution in [1.29, 1.82) is 0 Å². The number of hydrogen-bond donors (Lipinski definition) is 2. The quantitative estimate of drug-likeness (QED) is 0.895. The third-order valence-electron chi connectivity index (χ3n) is 4.39. The van der Waals surface area contributed by atoms with Gasteiger partial charge in [-0.1, -0.05) is 38.8 Å². The van der Waals surface area contributed by atoms with Crippen LogP contribution in [0.3, 0.4) is 0 Å². The Morgan fingerprint density at radius 1 is 1.41 bits per heavy atom. The van der Waals surface area contributed by atoms with Gasteiger partial charge in [0.1, 0.15) is 5.76 Å². The second-order valence-corrected chi connectivity index (χ2v) is 7.33. The molecule has 0 radical (unpaired) electrons. The number of nitrogens with one attached hydrogen (secondary N) is 1. The van der Waals surface area contributed by atoms with Crippen LogP contribution in [0.5, 0.6) is 0 Å². The van der Waals surface area contributed by atoms with Gasteiger partial charge in [-0.15, -0.1) is 0 Å². The molecular weight excluding hydrogens is 284 g/mol. The van der Waals surface area contributed by atoms with Crippen molar-refractivity contribution in [2.75, 3.05) is 0 Å². The largest absolute Gasteiger partial charge is 0.481 e. The first-order chi connectivity index (χ1) is 10.1. The van der Waals surface area contributed by atoms with Crippen LogP contribution in [0.4, 0.5) is 0 Å². The van der Waals surface area contributed by atoms with Crippen LogP contribution in [0.1, 0.15) is 69.6 Å². The van der Waals surface area contributed by atoms with Gasteiger partial charge in [0, 0.05) is 11.5 Å². The molecule has 6 heteroatoms. The molecule has 0 aromatic carbocycles. The lowest BCUT2D eigenvalue weighted by atomic mass is 9.74. The zero-order chi connectivity index (χ0) is 16.5. The predicted molar refractivity (Wildman–Crippen MR) is 80.7 cm³/mol. The summed E-state index contributed by atoms with van der Waals surface area (Å²) < 4.78 is 5.22. The number of carbonyl (C=O) groups excluding carboxylic acids is 1. The molecule has 1 fully saturated rings. The molecule has 2 atom stereocenters. The van der Waals surface area contributed by atoms with Gasteiger partial charge >= 0.3 is 5.97 Å². The zero-order valence-electron chi connectivity index (χ0n) is 13.6. The number of carboxylic acids is 1. The molecule has 1 aromatic heterocycles. The van der Waals surface area contributed by atoms with Gasteiger partial charge in [-0.25, -0.2) is 0 Å². The van der Waals surface area contributed by atoms with Crippen LogP contribution in [0.2, 0.25) is 0 Å². The fourth-order valence-corrected chi connectivity index (χ4v) is 2.94. The summed E-state index contributed by atoms with van der Waals surface area (Å²) in [5.41, 5.74) is -0.785. The van der Waals surface area contributed by atoms with Crippen LogP contribution >= 0.6 is 0 Å². The van der Waals surface area contributed by atoms with E-state index in [1.54, 1.807) is 13.0 Å². The normalized spacial score (nSPS) is 25.7. The zero-order valence-corrected chi connectivity index (χ0v) is 13.6. The van der Waals surface area contributed by atoms with E-state index in [1.807, 2.05) is 20.8 Å². The summed E-state index contributed by atoms with van der Waals surface area (Å²) >= 11 is 0. The van der Waals surface area contributed by atoms with E-state index >= 15 is 0 Å². The Hall–Kier alpha value is -1.85. The summed E-state index contributed by atoms with van der Waals surface area (Å²) in [7, 11) is 0. The minimum Gasteiger partial charge on any atom is -0.481 e. The monoisotopic (exact) mass is 308 g/mol. The summed E-state index contributed by atoms with van der Waals surface area (Å²) in [5, 5.41) is 16.1. The van der Waals surface area contributed by atoms with Gasteiger partial charge in [-0.05, 0) is 19.8 Å². The highest BCUT2D eigenvalue weighted by Gasteiger charge is 2.42. The minimum absolute atomic E-state index is 0.195. The van der Waals surface area contributed by atoms with Crippen molar-refractivity contribution in [3.63, 3.8) is 0 Å². The Morgan fingerprint density at radius 3 is 2.64 bits per heavy atom. The van der Waals surface area contributed by atoms with Gasteiger partial charge in [0.2, 0.25) is 0 Å². The molecule has 6 nitrogen and oxygen atoms in total. The molecular formula is C16H24N2O4. The second-order valence-electron chi connectivity index (χ2n) is 7.33. The number of aliphatic carboxylic acids is 1. The summed E-state index contributed by atoms with van der Waals surface area (Å²) in [5.74, 6) is -1.19. The molecule has 0 spiro atoms. The van der Waals surface area contributed by atoms with Crippen LogP contribution in [-0.2, 0) is 10.2 Å². The maximum absolute atomic E-state index is 12.4. The number of hydrogen-bond acceptors (Lipinski definition) is 4. The summed E-state index contributed by atoms with van der Waals surface area (Å²) in [6, 6.07) is 1.62. The number of carboxylic acid groups (broad SMARTS) is 1. The van der Waals surface area contributed by atoms with Crippen LogP contribution < -0.4 is 5.32 Å². The van der Waals surface area contributed by atoms with E-state index in [2.05, 4.69) is 10.5 Å². The minimum atomic E-state index is -0.863. The molecule has 2 N–H and O–H groups in total. The van der Waals surface area contributed by atoms with Crippen molar-refractivity contribution in [3.8, 4) is 0 Å². The molecule has 2 rings (SSSR count). The van der Waals surface area contributed by atoms with Crippen molar-refractivity contribution in [3.05, 3.63) is 17.5 Å². The van der Waals surface area contributed by atoms with Crippen LogP contribution in [0.15, 0.2) is 10.6 Å². The summed E-state index contributed by atoms with van der Waals surface area (Å²) in [6.07, 6.45) is 3.02. The first kappa shape index (κ1) is 16.5. The fraction of sp³-hybridized carbons (Fsp3) is 0.688. The molecule has 0 bridgehead atoms. The Morgan fingerprint density at radius 2 is 2.09 bits per heavy atom. The molecule has 0 saturated heterocycles. The third-order valence-corrected chi connectivity index (χ3v) is 4.39. The van der Waals surface area contributed by atoms with Gasteiger partial charge in [0.15, 0.2) is 5.69 Å². The summed E-state index contributed by atoms with van der Waals surface area (Å²) in [4.78, 5) is 23.8. The maximum atomic E-state index is 12.4. The standard InChI is InChI=1S/C16H24N2O4/c1-15(2,3)12-9-11(18-22-12)13(19)17-16(4)8-6-5-7-10(16)14(20)21/h9-10H,5-8H2,1-4H3,(H,17,19)(H,20,21). The van der Waals surface area contributed by atoms with E-state index in [4.69, 9.17) is 4.52 Å². The highest BCUT2D eigenvalue weighted by atomic mass is 16.5. The smallest absolute Gasteiger partial charge is 0.308 e. The maximum Gasteiger partial charge on any atom is 0.308 e. The molecule has 1 amide bonds. The Labute approximate surface area is 130 Å². The molecule has 1 aliphatic rings. The van der Waals surface area contributed by atoms with Crippen molar-refractivity contribution < 1.29 is 19.2 Å². The Kier molecular flexibility index (Phi) is 4.31. The number of nitrogens with zero attached hydrogens (tertiary/aromatic N) is 1. The first-order valence-corrected chi connectivity index (χ1v) is 7.66. The van der Waals surface area contributed by atoms with E-state index in [0.717, 1.165) is 12.8 Å². The SMILES string of the molecule is CC(C)(C)c1cc(C(=O)NC2(C)CCCCC2C(=O)O)no1. The van der Waals surface area contributed by atoms with Gasteiger partial charge < -0.3 is 14.9 Å². The predicted octanol–water partition coefficient (Wildman–Crippen LogP) is 2.74. The lowest BCUT2D eigenvalue weighted by Gasteiger charge is -2.39. The number of carbonyl (C=O) groups is 2. The van der Waals surface area contributed by atoms with Crippen molar-refractivity contribution in [2.24, 2.45) is 5.92 Å². The van der Waals surface area contributed by atoms with Crippen molar-refractivity contribution in [1.82, 2.24) is 10.5 Å². The Balaban J connectivity index is 2.16. The average Bonchev–Trinajstić information content (AvgIpc) is 2.87. The second kappa shape index (κ2) is 5.74. The van der Waals surface area contributed by atoms with Gasteiger partial charge in [0.25, 0.3) is 5.91 Å². The van der Waals surface area contributed by atoms with E-state index < -0.39 is 17.4 Å². The van der Waals surface area contributed by atoms with Gasteiger partial charge in [0.05, 0.1) is 11.5 Å². The van der Waals surface area contributed by atoms with E-state index in [0.29, 0.717) is 18.6 Å². The molecule has 1 heterocycles. The topological polar surface area (TPSA) is 92.4 Å². The van der Waals surface area contributed by atoms with Crippen LogP contribution in [-0.4, -0.2) is 27.7 Å². The van der Waals surface area contributed by atoms with Crippen LogP contribution in [0, 0.1) is 5.92 Å². The average molecular weight is 308 g/mol. The van der Waals surface area contributed by atoms with Crippen molar-refractivity contribution >= 4 is 11.9 Å². The van der Waals surface area contributed by atoms with Gasteiger partial charge in [-0.3, -0.25) is 9.59 Å². The van der Waals surface area contributed by atoms with E-state index in [1.165, 1.54) is 0 Å². The number of amides is 1. The van der Waals surface area contributed by atoms with E-state index in [9.17, 15) is 14.7 Å². The highest BCUT2D eigenvalue weighted by molar-refractivity contribution is 5.93. The molecule has 0 aliphatic heterocycles. The molecule has 1 aliphatic carbocycles. The molecule has 2 unspecified atom stereocenters. The summed E-state index contributed by atoms with van der Waals surface area (Å²) in [6.45, 7) is 7.71. The Bertz CT molecular complexity index is 573. The van der Waals surface area contributed by atoms with Gasteiger partial charge in [-0.2, -0.15) is 0 Å². The molecule has 22 heavy (non-hydrogen) atoms.